The first-order valence-corrected chi connectivity index (χ1v) is 4.73. The van der Waals surface area contributed by atoms with Crippen LogP contribution in [0.5, 0.6) is 5.75 Å². The van der Waals surface area contributed by atoms with Gasteiger partial charge in [0.1, 0.15) is 11.3 Å². The Balaban J connectivity index is 3.03. The molecule has 0 bridgehead atoms. The Kier molecular flexibility index (Phi) is 2.03. The Labute approximate surface area is 88.0 Å². The Morgan fingerprint density at radius 2 is 2.21 bits per heavy atom. The lowest BCUT2D eigenvalue weighted by molar-refractivity contribution is 0.478. The van der Waals surface area contributed by atoms with Crippen molar-refractivity contribution < 1.29 is 5.11 Å². The summed E-state index contributed by atoms with van der Waals surface area (Å²) in [7, 11) is 1.64. The van der Waals surface area contributed by atoms with Gasteiger partial charge in [0.05, 0.1) is 5.52 Å². The van der Waals surface area contributed by atoms with Crippen molar-refractivity contribution in [1.29, 1.82) is 0 Å². The van der Waals surface area contributed by atoms with Gasteiger partial charge in [0.2, 0.25) is 0 Å². The summed E-state index contributed by atoms with van der Waals surface area (Å²) in [6.45, 7) is 0. The third-order valence-corrected chi connectivity index (χ3v) is 2.46. The van der Waals surface area contributed by atoms with Crippen LogP contribution in [-0.2, 0) is 7.05 Å². The fourth-order valence-corrected chi connectivity index (χ4v) is 1.60. The molecule has 0 amide bonds. The second-order valence-corrected chi connectivity index (χ2v) is 3.86. The first-order valence-electron chi connectivity index (χ1n) is 3.94. The third-order valence-electron chi connectivity index (χ3n) is 2.03. The summed E-state index contributed by atoms with van der Waals surface area (Å²) in [6, 6.07) is 2.90. The van der Waals surface area contributed by atoms with E-state index in [0.29, 0.717) is 11.0 Å². The molecule has 0 atom stereocenters. The average Bonchev–Trinajstić information content (AvgIpc) is 2.14. The quantitative estimate of drug-likeness (QED) is 0.774. The van der Waals surface area contributed by atoms with Crippen molar-refractivity contribution in [2.24, 2.45) is 7.05 Å². The second-order valence-electron chi connectivity index (χ2n) is 2.95. The summed E-state index contributed by atoms with van der Waals surface area (Å²) in [6.07, 6.45) is 1.58. The molecule has 2 aromatic heterocycles. The van der Waals surface area contributed by atoms with E-state index < -0.39 is 0 Å². The average molecular weight is 255 g/mol. The lowest BCUT2D eigenvalue weighted by atomic mass is 10.3. The fraction of sp³-hybridized carbons (Fsp3) is 0.111. The highest BCUT2D eigenvalue weighted by Gasteiger charge is 2.06. The van der Waals surface area contributed by atoms with Gasteiger partial charge in [0.15, 0.2) is 0 Å². The van der Waals surface area contributed by atoms with E-state index in [9.17, 15) is 9.90 Å². The molecule has 14 heavy (non-hydrogen) atoms. The van der Waals surface area contributed by atoms with Gasteiger partial charge in [-0.15, -0.1) is 0 Å². The van der Waals surface area contributed by atoms with Crippen LogP contribution in [0.15, 0.2) is 27.6 Å². The van der Waals surface area contributed by atoms with Crippen molar-refractivity contribution in [1.82, 2.24) is 9.55 Å². The minimum Gasteiger partial charge on any atom is -0.505 e. The largest absolute Gasteiger partial charge is 0.505 e. The van der Waals surface area contributed by atoms with E-state index in [1.165, 1.54) is 4.57 Å². The topological polar surface area (TPSA) is 55.1 Å². The molecule has 0 spiro atoms. The maximum atomic E-state index is 11.3. The van der Waals surface area contributed by atoms with Crippen LogP contribution in [0.4, 0.5) is 0 Å². The van der Waals surface area contributed by atoms with E-state index in [1.807, 2.05) is 0 Å². The molecular weight excluding hydrogens is 248 g/mol. The lowest BCUT2D eigenvalue weighted by Crippen LogP contribution is -2.15. The monoisotopic (exact) mass is 254 g/mol. The van der Waals surface area contributed by atoms with E-state index in [0.717, 1.165) is 10.5 Å². The zero-order valence-corrected chi connectivity index (χ0v) is 8.95. The number of pyridine rings is 2. The highest BCUT2D eigenvalue weighted by molar-refractivity contribution is 9.10. The predicted molar refractivity (Wildman–Crippen MR) is 56.3 cm³/mol. The first-order chi connectivity index (χ1) is 6.59. The zero-order chi connectivity index (χ0) is 10.3. The Hall–Kier alpha value is -1.36. The highest BCUT2D eigenvalue weighted by atomic mass is 79.9. The number of fused-ring (bicyclic) bond motifs is 1. The van der Waals surface area contributed by atoms with Gasteiger partial charge in [0.25, 0.3) is 5.56 Å². The molecule has 0 aromatic carbocycles. The molecule has 0 aliphatic heterocycles. The van der Waals surface area contributed by atoms with Crippen molar-refractivity contribution in [3.8, 4) is 5.75 Å². The zero-order valence-electron chi connectivity index (χ0n) is 7.36. The van der Waals surface area contributed by atoms with Crippen LogP contribution in [0.3, 0.4) is 0 Å². The summed E-state index contributed by atoms with van der Waals surface area (Å²) in [5.74, 6) is -0.0874. The van der Waals surface area contributed by atoms with Crippen molar-refractivity contribution in [3.05, 3.63) is 33.2 Å². The van der Waals surface area contributed by atoms with Gasteiger partial charge >= 0.3 is 0 Å². The number of aryl methyl sites for hydroxylation is 1. The maximum absolute atomic E-state index is 11.3. The highest BCUT2D eigenvalue weighted by Crippen LogP contribution is 2.21. The van der Waals surface area contributed by atoms with Crippen LogP contribution >= 0.6 is 15.9 Å². The number of rotatable bonds is 0. The number of hydrogen-bond donors (Lipinski definition) is 1. The Bertz CT molecular complexity index is 562. The summed E-state index contributed by atoms with van der Waals surface area (Å²) in [4.78, 5) is 15.4. The van der Waals surface area contributed by atoms with Crippen molar-refractivity contribution >= 4 is 27.0 Å². The molecule has 2 rings (SSSR count). The molecule has 0 unspecified atom stereocenters. The predicted octanol–water partition coefficient (Wildman–Crippen LogP) is 1.40. The summed E-state index contributed by atoms with van der Waals surface area (Å²) >= 11 is 3.26. The molecule has 4 nitrogen and oxygen atoms in total. The standard InChI is InChI=1S/C9H7BrN2O2/c1-12-6-2-5(10)4-11-9(6)7(13)3-8(12)14/h2-4,13H,1H3. The molecule has 0 radical (unpaired) electrons. The van der Waals surface area contributed by atoms with Crippen LogP contribution in [-0.4, -0.2) is 14.7 Å². The molecule has 5 heteroatoms. The lowest BCUT2D eigenvalue weighted by Gasteiger charge is -2.05. The molecule has 2 aromatic rings. The molecule has 0 aliphatic rings. The number of nitrogens with zero attached hydrogens (tertiary/aromatic N) is 2. The third kappa shape index (κ3) is 1.29. The number of hydrogen-bond acceptors (Lipinski definition) is 3. The maximum Gasteiger partial charge on any atom is 0.254 e. The Morgan fingerprint density at radius 3 is 2.93 bits per heavy atom. The van der Waals surface area contributed by atoms with Gasteiger partial charge in [-0.25, -0.2) is 4.98 Å². The number of halogens is 1. The summed E-state index contributed by atoms with van der Waals surface area (Å²) in [5, 5.41) is 9.48. The molecule has 2 heterocycles. The van der Waals surface area contributed by atoms with E-state index >= 15 is 0 Å². The van der Waals surface area contributed by atoms with Crippen molar-refractivity contribution in [2.45, 2.75) is 0 Å². The van der Waals surface area contributed by atoms with Crippen molar-refractivity contribution in [3.63, 3.8) is 0 Å². The molecule has 72 valence electrons. The minimum atomic E-state index is -0.255. The van der Waals surface area contributed by atoms with E-state index in [4.69, 9.17) is 0 Å². The van der Waals surface area contributed by atoms with Crippen LogP contribution in [0.1, 0.15) is 0 Å². The van der Waals surface area contributed by atoms with E-state index in [2.05, 4.69) is 20.9 Å². The fourth-order valence-electron chi connectivity index (χ4n) is 1.28. The van der Waals surface area contributed by atoms with Crippen LogP contribution in [0.2, 0.25) is 0 Å². The number of aromatic hydroxyl groups is 1. The first kappa shape index (κ1) is 9.21. The van der Waals surface area contributed by atoms with Crippen molar-refractivity contribution in [2.75, 3.05) is 0 Å². The van der Waals surface area contributed by atoms with Gasteiger partial charge in [0, 0.05) is 23.8 Å². The molecule has 1 N–H and O–H groups in total. The van der Waals surface area contributed by atoms with Gasteiger partial charge in [-0.3, -0.25) is 4.79 Å². The SMILES string of the molecule is Cn1c(=O)cc(O)c2ncc(Br)cc21. The van der Waals surface area contributed by atoms with E-state index in [-0.39, 0.29) is 11.3 Å². The van der Waals surface area contributed by atoms with Crippen LogP contribution in [0, 0.1) is 0 Å². The van der Waals surface area contributed by atoms with Gasteiger partial charge < -0.3 is 9.67 Å². The molecule has 0 saturated carbocycles. The summed E-state index contributed by atoms with van der Waals surface area (Å²) in [5.41, 5.74) is 0.773. The van der Waals surface area contributed by atoms with Crippen LogP contribution < -0.4 is 5.56 Å². The van der Waals surface area contributed by atoms with Crippen LogP contribution in [0.25, 0.3) is 11.0 Å². The van der Waals surface area contributed by atoms with Gasteiger partial charge in [-0.1, -0.05) is 0 Å². The minimum absolute atomic E-state index is 0.0874. The molecular formula is C9H7BrN2O2. The molecule has 0 fully saturated rings. The molecule has 0 saturated heterocycles. The smallest absolute Gasteiger partial charge is 0.254 e. The second kappa shape index (κ2) is 3.09. The van der Waals surface area contributed by atoms with E-state index in [1.54, 1.807) is 19.3 Å². The van der Waals surface area contributed by atoms with Gasteiger partial charge in [-0.05, 0) is 22.0 Å². The summed E-state index contributed by atoms with van der Waals surface area (Å²) < 4.78 is 2.21. The van der Waals surface area contributed by atoms with Gasteiger partial charge in [-0.2, -0.15) is 0 Å². The number of aromatic nitrogens is 2. The Morgan fingerprint density at radius 1 is 1.50 bits per heavy atom. The molecule has 0 aliphatic carbocycles. The normalized spacial score (nSPS) is 10.7.